The minimum Gasteiger partial charge on any atom is -0.504 e. The van der Waals surface area contributed by atoms with Crippen molar-refractivity contribution < 1.29 is 14.6 Å². The van der Waals surface area contributed by atoms with E-state index in [1.807, 2.05) is 0 Å². The van der Waals surface area contributed by atoms with Gasteiger partial charge in [-0.15, -0.1) is 0 Å². The molecule has 5 heteroatoms. The summed E-state index contributed by atoms with van der Waals surface area (Å²) in [5, 5.41) is 9.53. The molecule has 0 fully saturated rings. The molecular weight excluding hydrogens is 256 g/mol. The van der Waals surface area contributed by atoms with Crippen LogP contribution in [0.5, 0.6) is 11.5 Å². The summed E-state index contributed by atoms with van der Waals surface area (Å²) in [6.45, 7) is 2.52. The van der Waals surface area contributed by atoms with E-state index in [0.29, 0.717) is 18.7 Å². The molecule has 1 amide bonds. The lowest BCUT2D eigenvalue weighted by Crippen LogP contribution is -2.32. The summed E-state index contributed by atoms with van der Waals surface area (Å²) < 4.78 is 5.05. The molecule has 0 aliphatic heterocycles. The largest absolute Gasteiger partial charge is 0.504 e. The number of hydrogen-bond donors (Lipinski definition) is 2. The summed E-state index contributed by atoms with van der Waals surface area (Å²) in [7, 11) is 3.25. The predicted molar refractivity (Wildman–Crippen MR) is 78.6 cm³/mol. The van der Waals surface area contributed by atoms with Crippen molar-refractivity contribution in [3.05, 3.63) is 23.8 Å². The monoisotopic (exact) mass is 280 g/mol. The van der Waals surface area contributed by atoms with Gasteiger partial charge in [-0.05, 0) is 24.1 Å². The number of phenols is 1. The third-order valence-corrected chi connectivity index (χ3v) is 3.19. The predicted octanol–water partition coefficient (Wildman–Crippen LogP) is 1.88. The Morgan fingerprint density at radius 1 is 1.50 bits per heavy atom. The summed E-state index contributed by atoms with van der Waals surface area (Å²) >= 11 is 0. The molecule has 0 aliphatic carbocycles. The first-order valence-corrected chi connectivity index (χ1v) is 6.83. The molecule has 0 bridgehead atoms. The standard InChI is InChI=1S/C15H24N2O3/c1-4-5-12(16)9-15(19)17(2)10-11-6-7-13(18)14(8-11)20-3/h6-8,12,18H,4-5,9-10,16H2,1-3H3. The molecule has 1 aromatic rings. The minimum absolute atomic E-state index is 0.0259. The van der Waals surface area contributed by atoms with Crippen LogP contribution < -0.4 is 10.5 Å². The number of benzene rings is 1. The van der Waals surface area contributed by atoms with Crippen LogP contribution in [0.3, 0.4) is 0 Å². The van der Waals surface area contributed by atoms with Gasteiger partial charge in [0.1, 0.15) is 0 Å². The number of carbonyl (C=O) groups is 1. The molecule has 1 atom stereocenters. The van der Waals surface area contributed by atoms with E-state index in [-0.39, 0.29) is 17.7 Å². The number of aromatic hydroxyl groups is 1. The number of nitrogens with two attached hydrogens (primary N) is 1. The lowest BCUT2D eigenvalue weighted by Gasteiger charge is -2.20. The van der Waals surface area contributed by atoms with Gasteiger partial charge in [0, 0.05) is 26.1 Å². The Morgan fingerprint density at radius 3 is 2.80 bits per heavy atom. The van der Waals surface area contributed by atoms with Crippen molar-refractivity contribution in [2.75, 3.05) is 14.2 Å². The van der Waals surface area contributed by atoms with Gasteiger partial charge in [-0.2, -0.15) is 0 Å². The van der Waals surface area contributed by atoms with Crippen molar-refractivity contribution in [2.24, 2.45) is 5.73 Å². The highest BCUT2D eigenvalue weighted by Crippen LogP contribution is 2.26. The zero-order chi connectivity index (χ0) is 15.1. The first-order chi connectivity index (χ1) is 9.47. The van der Waals surface area contributed by atoms with Crippen LogP contribution in [-0.4, -0.2) is 36.1 Å². The Kier molecular flexibility index (Phi) is 6.31. The number of nitrogens with zero attached hydrogens (tertiary/aromatic N) is 1. The van der Waals surface area contributed by atoms with E-state index in [2.05, 4.69) is 6.92 Å². The molecule has 0 aliphatic rings. The van der Waals surface area contributed by atoms with Gasteiger partial charge in [0.2, 0.25) is 5.91 Å². The molecule has 0 heterocycles. The van der Waals surface area contributed by atoms with Crippen LogP contribution in [0.15, 0.2) is 18.2 Å². The average molecular weight is 280 g/mol. The number of amides is 1. The van der Waals surface area contributed by atoms with Crippen LogP contribution in [-0.2, 0) is 11.3 Å². The summed E-state index contributed by atoms with van der Waals surface area (Å²) in [6, 6.07) is 4.98. The van der Waals surface area contributed by atoms with Gasteiger partial charge in [-0.3, -0.25) is 4.79 Å². The van der Waals surface area contributed by atoms with E-state index in [1.165, 1.54) is 7.11 Å². The molecule has 3 N–H and O–H groups in total. The SMILES string of the molecule is CCCC(N)CC(=O)N(C)Cc1ccc(O)c(OC)c1. The van der Waals surface area contributed by atoms with Crippen LogP contribution >= 0.6 is 0 Å². The Morgan fingerprint density at radius 2 is 2.20 bits per heavy atom. The van der Waals surface area contributed by atoms with Crippen LogP contribution in [0.1, 0.15) is 31.7 Å². The van der Waals surface area contributed by atoms with Crippen molar-refractivity contribution in [1.82, 2.24) is 4.90 Å². The zero-order valence-electron chi connectivity index (χ0n) is 12.4. The normalized spacial score (nSPS) is 12.0. The number of rotatable bonds is 7. The highest BCUT2D eigenvalue weighted by Gasteiger charge is 2.14. The van der Waals surface area contributed by atoms with Gasteiger partial charge in [0.25, 0.3) is 0 Å². The molecule has 1 rings (SSSR count). The Labute approximate surface area is 120 Å². The van der Waals surface area contributed by atoms with Crippen molar-refractivity contribution >= 4 is 5.91 Å². The van der Waals surface area contributed by atoms with E-state index in [1.54, 1.807) is 30.1 Å². The van der Waals surface area contributed by atoms with Gasteiger partial charge < -0.3 is 20.5 Å². The maximum absolute atomic E-state index is 12.0. The molecule has 1 unspecified atom stereocenters. The smallest absolute Gasteiger partial charge is 0.224 e. The second-order valence-corrected chi connectivity index (χ2v) is 5.01. The van der Waals surface area contributed by atoms with Gasteiger partial charge in [-0.1, -0.05) is 19.4 Å². The fraction of sp³-hybridized carbons (Fsp3) is 0.533. The van der Waals surface area contributed by atoms with E-state index < -0.39 is 0 Å². The number of hydrogen-bond acceptors (Lipinski definition) is 4. The lowest BCUT2D eigenvalue weighted by molar-refractivity contribution is -0.130. The maximum atomic E-state index is 12.0. The van der Waals surface area contributed by atoms with E-state index in [9.17, 15) is 9.90 Å². The number of carbonyl (C=O) groups excluding carboxylic acids is 1. The van der Waals surface area contributed by atoms with Gasteiger partial charge >= 0.3 is 0 Å². The van der Waals surface area contributed by atoms with Crippen molar-refractivity contribution in [3.63, 3.8) is 0 Å². The summed E-state index contributed by atoms with van der Waals surface area (Å²) in [5.74, 6) is 0.527. The van der Waals surface area contributed by atoms with Gasteiger partial charge in [-0.25, -0.2) is 0 Å². The van der Waals surface area contributed by atoms with Crippen LogP contribution in [0.4, 0.5) is 0 Å². The molecule has 0 saturated heterocycles. The summed E-state index contributed by atoms with van der Waals surface area (Å²) in [5.41, 5.74) is 6.78. The average Bonchev–Trinajstić information content (AvgIpc) is 2.41. The molecule has 5 nitrogen and oxygen atoms in total. The number of phenolic OH excluding ortho intramolecular Hbond substituents is 1. The topological polar surface area (TPSA) is 75.8 Å². The number of ether oxygens (including phenoxy) is 1. The molecule has 20 heavy (non-hydrogen) atoms. The fourth-order valence-electron chi connectivity index (χ4n) is 2.04. The van der Waals surface area contributed by atoms with E-state index >= 15 is 0 Å². The number of methoxy groups -OCH3 is 1. The highest BCUT2D eigenvalue weighted by atomic mass is 16.5. The van der Waals surface area contributed by atoms with Crippen LogP contribution in [0.25, 0.3) is 0 Å². The third kappa shape index (κ3) is 4.74. The minimum atomic E-state index is -0.0793. The van der Waals surface area contributed by atoms with Gasteiger partial charge in [0.15, 0.2) is 11.5 Å². The molecule has 0 spiro atoms. The fourth-order valence-corrected chi connectivity index (χ4v) is 2.04. The highest BCUT2D eigenvalue weighted by molar-refractivity contribution is 5.76. The van der Waals surface area contributed by atoms with Crippen molar-refractivity contribution in [1.29, 1.82) is 0 Å². The van der Waals surface area contributed by atoms with Crippen LogP contribution in [0.2, 0.25) is 0 Å². The summed E-state index contributed by atoms with van der Waals surface area (Å²) in [6.07, 6.45) is 2.19. The second kappa shape index (κ2) is 7.75. The molecule has 0 aromatic heterocycles. The van der Waals surface area contributed by atoms with Crippen molar-refractivity contribution in [3.8, 4) is 11.5 Å². The quantitative estimate of drug-likeness (QED) is 0.799. The molecular formula is C15H24N2O3. The van der Waals surface area contributed by atoms with Gasteiger partial charge in [0.05, 0.1) is 7.11 Å². The lowest BCUT2D eigenvalue weighted by atomic mass is 10.1. The van der Waals surface area contributed by atoms with E-state index in [4.69, 9.17) is 10.5 Å². The summed E-state index contributed by atoms with van der Waals surface area (Å²) in [4.78, 5) is 13.7. The molecule has 1 aromatic carbocycles. The molecule has 0 radical (unpaired) electrons. The van der Waals surface area contributed by atoms with Crippen molar-refractivity contribution in [2.45, 2.75) is 38.8 Å². The third-order valence-electron chi connectivity index (χ3n) is 3.19. The Hall–Kier alpha value is -1.75. The maximum Gasteiger partial charge on any atom is 0.224 e. The van der Waals surface area contributed by atoms with Crippen LogP contribution in [0, 0.1) is 0 Å². The molecule has 0 saturated carbocycles. The van der Waals surface area contributed by atoms with E-state index in [0.717, 1.165) is 18.4 Å². The Balaban J connectivity index is 2.61. The second-order valence-electron chi connectivity index (χ2n) is 5.01. The first-order valence-electron chi connectivity index (χ1n) is 6.83. The Bertz CT molecular complexity index is 449. The zero-order valence-corrected chi connectivity index (χ0v) is 12.4. The first kappa shape index (κ1) is 16.3. The molecule has 112 valence electrons.